The van der Waals surface area contributed by atoms with Gasteiger partial charge in [0.1, 0.15) is 11.6 Å². The van der Waals surface area contributed by atoms with E-state index >= 15 is 0 Å². The monoisotopic (exact) mass is 463 g/mol. The van der Waals surface area contributed by atoms with Crippen molar-refractivity contribution in [3.05, 3.63) is 41.0 Å². The number of nitrogens with one attached hydrogen (secondary N) is 1. The average molecular weight is 464 g/mol. The lowest BCUT2D eigenvalue weighted by Gasteiger charge is -2.12. The molecule has 0 fully saturated rings. The molecule has 3 rings (SSSR count). The molecule has 1 aliphatic rings. The summed E-state index contributed by atoms with van der Waals surface area (Å²) in [6.07, 6.45) is 1.75. The Kier molecular flexibility index (Phi) is 14.6. The predicted molar refractivity (Wildman–Crippen MR) is 133 cm³/mol. The molecule has 0 spiro atoms. The Morgan fingerprint density at radius 3 is 2.30 bits per heavy atom. The number of primary amides is 1. The summed E-state index contributed by atoms with van der Waals surface area (Å²) in [6.45, 7) is 17.2. The van der Waals surface area contributed by atoms with Gasteiger partial charge < -0.3 is 20.5 Å². The first kappa shape index (κ1) is 30.3. The number of nitrogens with two attached hydrogens (primary N) is 1. The van der Waals surface area contributed by atoms with Crippen LogP contribution < -0.4 is 11.1 Å². The van der Waals surface area contributed by atoms with E-state index in [1.807, 2.05) is 32.9 Å². The lowest BCUT2D eigenvalue weighted by atomic mass is 10.1. The van der Waals surface area contributed by atoms with Gasteiger partial charge in [0.15, 0.2) is 0 Å². The van der Waals surface area contributed by atoms with E-state index in [4.69, 9.17) is 0 Å². The molecular formula is C25H42FN5O2. The largest absolute Gasteiger partial charge is 0.370 e. The van der Waals surface area contributed by atoms with E-state index < -0.39 is 0 Å². The number of hydrogen-bond acceptors (Lipinski definition) is 4. The van der Waals surface area contributed by atoms with Crippen LogP contribution in [0.1, 0.15) is 58.0 Å². The SMILES string of the molecule is CC(C)C.CC(N)=O.CCNC=O.Cc1ccc(-c2nc(C)c3n2CCCN(C)C3)c(F)c1. The summed E-state index contributed by atoms with van der Waals surface area (Å²) in [5.41, 5.74) is 8.23. The Morgan fingerprint density at radius 1 is 1.27 bits per heavy atom. The van der Waals surface area contributed by atoms with E-state index in [0.717, 1.165) is 55.6 Å². The molecule has 2 heterocycles. The number of nitrogens with zero attached hydrogens (tertiary/aromatic N) is 3. The number of halogens is 1. The summed E-state index contributed by atoms with van der Waals surface area (Å²) in [7, 11) is 2.12. The molecule has 2 amide bonds. The Balaban J connectivity index is 0.000000653. The van der Waals surface area contributed by atoms with Gasteiger partial charge >= 0.3 is 0 Å². The van der Waals surface area contributed by atoms with Crippen LogP contribution >= 0.6 is 0 Å². The number of carbonyl (C=O) groups is 2. The fourth-order valence-corrected chi connectivity index (χ4v) is 2.97. The number of benzene rings is 1. The summed E-state index contributed by atoms with van der Waals surface area (Å²) in [6, 6.07) is 5.36. The minimum Gasteiger partial charge on any atom is -0.370 e. The third-order valence-corrected chi connectivity index (χ3v) is 4.27. The van der Waals surface area contributed by atoms with Crippen LogP contribution in [0.3, 0.4) is 0 Å². The molecule has 0 unspecified atom stereocenters. The van der Waals surface area contributed by atoms with Gasteiger partial charge in [-0.05, 0) is 64.4 Å². The van der Waals surface area contributed by atoms with E-state index in [1.165, 1.54) is 12.6 Å². The molecule has 33 heavy (non-hydrogen) atoms. The molecule has 7 nitrogen and oxygen atoms in total. The van der Waals surface area contributed by atoms with Crippen LogP contribution in [0.15, 0.2) is 18.2 Å². The van der Waals surface area contributed by atoms with Crippen LogP contribution in [0.5, 0.6) is 0 Å². The summed E-state index contributed by atoms with van der Waals surface area (Å²) < 4.78 is 16.4. The maximum absolute atomic E-state index is 14.2. The molecule has 1 aliphatic heterocycles. The molecule has 8 heteroatoms. The van der Waals surface area contributed by atoms with E-state index in [1.54, 1.807) is 6.07 Å². The van der Waals surface area contributed by atoms with E-state index in [9.17, 15) is 14.0 Å². The second kappa shape index (κ2) is 16.0. The average Bonchev–Trinajstić information content (AvgIpc) is 2.85. The van der Waals surface area contributed by atoms with Crippen LogP contribution in [-0.4, -0.2) is 46.9 Å². The molecule has 0 atom stereocenters. The summed E-state index contributed by atoms with van der Waals surface area (Å²) in [5, 5.41) is 2.43. The number of aromatic nitrogens is 2. The van der Waals surface area contributed by atoms with Crippen molar-refractivity contribution in [3.63, 3.8) is 0 Å². The Morgan fingerprint density at radius 2 is 1.85 bits per heavy atom. The van der Waals surface area contributed by atoms with Gasteiger partial charge in [0, 0.05) is 26.6 Å². The van der Waals surface area contributed by atoms with Gasteiger partial charge in [-0.3, -0.25) is 9.59 Å². The van der Waals surface area contributed by atoms with Gasteiger partial charge in [0.05, 0.1) is 17.0 Å². The second-order valence-corrected chi connectivity index (χ2v) is 8.71. The van der Waals surface area contributed by atoms with Crippen molar-refractivity contribution in [3.8, 4) is 11.4 Å². The van der Waals surface area contributed by atoms with Gasteiger partial charge in [-0.2, -0.15) is 0 Å². The van der Waals surface area contributed by atoms with Gasteiger partial charge in [0.25, 0.3) is 0 Å². The van der Waals surface area contributed by atoms with Gasteiger partial charge in [-0.15, -0.1) is 0 Å². The smallest absolute Gasteiger partial charge is 0.214 e. The van der Waals surface area contributed by atoms with Crippen molar-refractivity contribution in [2.75, 3.05) is 20.1 Å². The fraction of sp³-hybridized carbons (Fsp3) is 0.560. The highest BCUT2D eigenvalue weighted by molar-refractivity contribution is 5.70. The molecule has 2 aromatic rings. The fourth-order valence-electron chi connectivity index (χ4n) is 2.97. The Labute approximate surface area is 198 Å². The molecule has 0 saturated heterocycles. The molecule has 3 N–H and O–H groups in total. The number of amides is 2. The zero-order valence-electron chi connectivity index (χ0n) is 21.5. The topological polar surface area (TPSA) is 93.2 Å². The van der Waals surface area contributed by atoms with Gasteiger partial charge in [0.2, 0.25) is 12.3 Å². The maximum Gasteiger partial charge on any atom is 0.214 e. The number of fused-ring (bicyclic) bond motifs is 1. The molecule has 0 aliphatic carbocycles. The normalized spacial score (nSPS) is 12.5. The number of imidazole rings is 1. The van der Waals surface area contributed by atoms with E-state index in [-0.39, 0.29) is 11.7 Å². The minimum absolute atomic E-state index is 0.185. The predicted octanol–water partition coefficient (Wildman–Crippen LogP) is 4.05. The Hall–Kier alpha value is -2.74. The van der Waals surface area contributed by atoms with Crippen LogP contribution in [0, 0.1) is 25.6 Å². The summed E-state index contributed by atoms with van der Waals surface area (Å²) in [5.74, 6) is 1.08. The number of hydrogen-bond donors (Lipinski definition) is 2. The van der Waals surface area contributed by atoms with Crippen molar-refractivity contribution in [2.24, 2.45) is 11.7 Å². The molecule has 0 radical (unpaired) electrons. The number of rotatable bonds is 3. The molecule has 1 aromatic carbocycles. The molecule has 0 bridgehead atoms. The first-order valence-corrected chi connectivity index (χ1v) is 11.4. The van der Waals surface area contributed by atoms with Crippen molar-refractivity contribution in [2.45, 2.75) is 68.0 Å². The first-order chi connectivity index (χ1) is 15.4. The standard InChI is InChI=1S/C16H20FN3.C4H10.C3H7NO.C2H5NO/c1-11-5-6-13(14(17)9-11)16-18-12(2)15-10-19(3)7-4-8-20(15)16;1-4(2)3;1-2-4-3-5;1-2(3)4/h5-6,9H,4,7-8,10H2,1-3H3;4H,1-3H3;3H,2H2,1H3,(H,4,5);1H3,(H2,3,4). The lowest BCUT2D eigenvalue weighted by Crippen LogP contribution is -2.17. The molecule has 186 valence electrons. The second-order valence-electron chi connectivity index (χ2n) is 8.71. The third-order valence-electron chi connectivity index (χ3n) is 4.27. The Bertz CT molecular complexity index is 858. The van der Waals surface area contributed by atoms with Crippen molar-refractivity contribution >= 4 is 12.3 Å². The zero-order chi connectivity index (χ0) is 25.6. The quantitative estimate of drug-likeness (QED) is 0.672. The number of aryl methyl sites for hydroxylation is 2. The van der Waals surface area contributed by atoms with Crippen molar-refractivity contribution < 1.29 is 14.0 Å². The van der Waals surface area contributed by atoms with E-state index in [2.05, 4.69) is 53.3 Å². The first-order valence-electron chi connectivity index (χ1n) is 11.4. The highest BCUT2D eigenvalue weighted by Gasteiger charge is 2.21. The minimum atomic E-state index is -0.333. The molecule has 1 aromatic heterocycles. The van der Waals surface area contributed by atoms with Crippen molar-refractivity contribution in [1.29, 1.82) is 0 Å². The highest BCUT2D eigenvalue weighted by Crippen LogP contribution is 2.27. The van der Waals surface area contributed by atoms with Gasteiger partial charge in [-0.25, -0.2) is 9.37 Å². The lowest BCUT2D eigenvalue weighted by molar-refractivity contribution is -0.116. The maximum atomic E-state index is 14.2. The van der Waals surface area contributed by atoms with Gasteiger partial charge in [-0.1, -0.05) is 26.8 Å². The third kappa shape index (κ3) is 12.2. The molecular weight excluding hydrogens is 421 g/mol. The highest BCUT2D eigenvalue weighted by atomic mass is 19.1. The van der Waals surface area contributed by atoms with E-state index in [0.29, 0.717) is 12.0 Å². The zero-order valence-corrected chi connectivity index (χ0v) is 21.5. The van der Waals surface area contributed by atoms with Crippen molar-refractivity contribution in [1.82, 2.24) is 19.8 Å². The summed E-state index contributed by atoms with van der Waals surface area (Å²) >= 11 is 0. The van der Waals surface area contributed by atoms with Crippen LogP contribution in [-0.2, 0) is 22.7 Å². The van der Waals surface area contributed by atoms with Crippen LogP contribution in [0.2, 0.25) is 0 Å². The summed E-state index contributed by atoms with van der Waals surface area (Å²) in [4.78, 5) is 25.4. The number of carbonyl (C=O) groups excluding carboxylic acids is 2. The van der Waals surface area contributed by atoms with Crippen LogP contribution in [0.4, 0.5) is 4.39 Å². The molecule has 0 saturated carbocycles. The van der Waals surface area contributed by atoms with Crippen LogP contribution in [0.25, 0.3) is 11.4 Å².